The van der Waals surface area contributed by atoms with E-state index in [1.54, 1.807) is 0 Å². The smallest absolute Gasteiger partial charge is 1.00 e. The van der Waals surface area contributed by atoms with Crippen LogP contribution in [0.25, 0.3) is 22.6 Å². The Labute approximate surface area is 208 Å². The van der Waals surface area contributed by atoms with Gasteiger partial charge in [-0.1, -0.05) is 18.2 Å². The van der Waals surface area contributed by atoms with Gasteiger partial charge in [0.15, 0.2) is 11.3 Å². The Bertz CT molecular complexity index is 1090. The summed E-state index contributed by atoms with van der Waals surface area (Å²) in [5, 5.41) is 0.855. The van der Waals surface area contributed by atoms with Crippen molar-refractivity contribution in [1.82, 2.24) is 4.98 Å². The van der Waals surface area contributed by atoms with Crippen molar-refractivity contribution in [3.63, 3.8) is 0 Å². The summed E-state index contributed by atoms with van der Waals surface area (Å²) in [5.41, 5.74) is 4.56. The second kappa shape index (κ2) is 12.9. The maximum atomic E-state index is 6.16. The molecule has 8 heteroatoms. The Hall–Kier alpha value is -1.65. The quantitative estimate of drug-likeness (QED) is 0.270. The first-order chi connectivity index (χ1) is 12.8. The van der Waals surface area contributed by atoms with Gasteiger partial charge < -0.3 is 34.1 Å². The molecule has 0 saturated carbocycles. The van der Waals surface area contributed by atoms with E-state index < -0.39 is 0 Å². The molecular formula is C22H22Cl3N3OZn. The first-order valence-electron chi connectivity index (χ1n) is 8.96. The fourth-order valence-electron chi connectivity index (χ4n) is 3.11. The predicted molar refractivity (Wildman–Crippen MR) is 113 cm³/mol. The van der Waals surface area contributed by atoms with Crippen molar-refractivity contribution >= 4 is 34.9 Å². The molecular weight excluding hydrogens is 494 g/mol. The molecule has 2 aromatic rings. The molecule has 2 aliphatic rings. The van der Waals surface area contributed by atoms with Crippen molar-refractivity contribution < 1.29 is 48.7 Å². The molecule has 0 aromatic heterocycles. The van der Waals surface area contributed by atoms with Gasteiger partial charge in [-0.3, -0.25) is 0 Å². The number of fused-ring (bicyclic) bond motifs is 2. The molecule has 0 unspecified atom stereocenters. The van der Waals surface area contributed by atoms with E-state index in [1.165, 1.54) is 0 Å². The summed E-state index contributed by atoms with van der Waals surface area (Å²) in [6.45, 7) is 6.23. The Morgan fingerprint density at radius 1 is 0.900 bits per heavy atom. The molecule has 0 N–H and O–H groups in total. The maximum Gasteiger partial charge on any atom is 2.00 e. The van der Waals surface area contributed by atoms with Gasteiger partial charge in [-0.25, -0.2) is 9.98 Å². The van der Waals surface area contributed by atoms with Crippen LogP contribution in [-0.4, -0.2) is 18.1 Å². The van der Waals surface area contributed by atoms with E-state index in [-0.39, 0.29) is 56.7 Å². The standard InChI is InChI=1S/C22H21N3O.3ClH.Zn/c1-3-25(4-2)18-11-13-20-22(15-18)26-21-14-17(10-12-19(21)24-20)23-16-8-6-5-7-9-16;;;;/h5-15H,3-4H2,1-2H3;3*1H;/q;;;;+2/p-2. The van der Waals surface area contributed by atoms with E-state index in [0.29, 0.717) is 0 Å². The Balaban J connectivity index is 0.00000210. The molecule has 0 saturated heterocycles. The van der Waals surface area contributed by atoms with Crippen LogP contribution in [0.2, 0.25) is 0 Å². The molecule has 1 aliphatic heterocycles. The molecule has 2 aromatic carbocycles. The van der Waals surface area contributed by atoms with E-state index in [2.05, 4.69) is 35.9 Å². The number of hydrogen-bond acceptors (Lipinski definition) is 4. The van der Waals surface area contributed by atoms with Crippen molar-refractivity contribution in [2.24, 2.45) is 4.99 Å². The van der Waals surface area contributed by atoms with Gasteiger partial charge in [0, 0.05) is 30.9 Å². The monoisotopic (exact) mass is 513 g/mol. The summed E-state index contributed by atoms with van der Waals surface area (Å²) < 4.78 is 6.16. The third-order valence-electron chi connectivity index (χ3n) is 4.49. The molecule has 1 heterocycles. The van der Waals surface area contributed by atoms with E-state index in [4.69, 9.17) is 9.40 Å². The summed E-state index contributed by atoms with van der Waals surface area (Å²) in [6.07, 6.45) is 0. The molecule has 0 fully saturated rings. The van der Waals surface area contributed by atoms with Crippen LogP contribution in [0.5, 0.6) is 0 Å². The van der Waals surface area contributed by atoms with Gasteiger partial charge in [0.05, 0.1) is 11.0 Å². The minimum Gasteiger partial charge on any atom is -1.00 e. The van der Waals surface area contributed by atoms with E-state index >= 15 is 0 Å². The van der Waals surface area contributed by atoms with E-state index in [9.17, 15) is 0 Å². The zero-order valence-corrected chi connectivity index (χ0v) is 22.2. The minimum atomic E-state index is 0. The summed E-state index contributed by atoms with van der Waals surface area (Å²) in [6, 6.07) is 22.0. The molecule has 0 atom stereocenters. The number of anilines is 1. The summed E-state index contributed by atoms with van der Waals surface area (Å²) in [5.74, 6) is 0.742. The van der Waals surface area contributed by atoms with Gasteiger partial charge in [0.1, 0.15) is 11.2 Å². The number of hydrogen-bond donors (Lipinski definition) is 0. The third-order valence-corrected chi connectivity index (χ3v) is 4.49. The average Bonchev–Trinajstić information content (AvgIpc) is 2.68. The number of para-hydroxylation sites is 1. The largest absolute Gasteiger partial charge is 2.00 e. The van der Waals surface area contributed by atoms with Crippen molar-refractivity contribution in [2.75, 3.05) is 18.0 Å². The zero-order valence-electron chi connectivity index (χ0n) is 16.9. The molecule has 0 bridgehead atoms. The number of halogens is 3. The number of aromatic nitrogens is 1. The van der Waals surface area contributed by atoms with Crippen LogP contribution in [-0.2, 0) is 19.5 Å². The maximum absolute atomic E-state index is 6.16. The molecule has 30 heavy (non-hydrogen) atoms. The fourth-order valence-corrected chi connectivity index (χ4v) is 3.11. The second-order valence-electron chi connectivity index (χ2n) is 6.14. The van der Waals surface area contributed by atoms with Crippen LogP contribution in [0.15, 0.2) is 76.1 Å². The van der Waals surface area contributed by atoms with Crippen molar-refractivity contribution in [2.45, 2.75) is 13.8 Å². The molecule has 0 spiro atoms. The Kier molecular flexibility index (Phi) is 12.2. The van der Waals surface area contributed by atoms with E-state index in [1.807, 2.05) is 54.6 Å². The Morgan fingerprint density at radius 2 is 1.60 bits per heavy atom. The molecule has 154 valence electrons. The number of benzene rings is 3. The van der Waals surface area contributed by atoms with Gasteiger partial charge in [0.2, 0.25) is 0 Å². The SMILES string of the molecule is CCN(CC)c1ccc2nc3ccc(=Nc4ccccc4)cc-3oc2c1.Cl.[Cl-].[Cl-].[Zn+2]. The zero-order chi connectivity index (χ0) is 17.9. The Morgan fingerprint density at radius 3 is 2.27 bits per heavy atom. The van der Waals surface area contributed by atoms with Gasteiger partial charge in [-0.2, -0.15) is 0 Å². The van der Waals surface area contributed by atoms with Gasteiger partial charge in [-0.15, -0.1) is 12.4 Å². The van der Waals surface area contributed by atoms with Crippen LogP contribution in [0.3, 0.4) is 0 Å². The van der Waals surface area contributed by atoms with Gasteiger partial charge >= 0.3 is 19.5 Å². The van der Waals surface area contributed by atoms with Crippen LogP contribution >= 0.6 is 12.4 Å². The number of nitrogens with zero attached hydrogens (tertiary/aromatic N) is 3. The second-order valence-corrected chi connectivity index (χ2v) is 6.14. The number of rotatable bonds is 4. The summed E-state index contributed by atoms with van der Waals surface area (Å²) >= 11 is 0. The predicted octanol–water partition coefficient (Wildman–Crippen LogP) is -0.561. The molecule has 0 amide bonds. The van der Waals surface area contributed by atoms with Crippen LogP contribution in [0.4, 0.5) is 11.4 Å². The average molecular weight is 516 g/mol. The van der Waals surface area contributed by atoms with Gasteiger partial charge in [0.25, 0.3) is 0 Å². The van der Waals surface area contributed by atoms with Crippen LogP contribution < -0.4 is 35.1 Å². The van der Waals surface area contributed by atoms with Gasteiger partial charge in [-0.05, 0) is 50.2 Å². The fraction of sp³-hybridized carbons (Fsp3) is 0.182. The van der Waals surface area contributed by atoms with Crippen molar-refractivity contribution in [3.05, 3.63) is 72.1 Å². The normalized spacial score (nSPS) is 10.4. The minimum absolute atomic E-state index is 0. The topological polar surface area (TPSA) is 41.6 Å². The van der Waals surface area contributed by atoms with Crippen molar-refractivity contribution in [1.29, 1.82) is 0 Å². The summed E-state index contributed by atoms with van der Waals surface area (Å²) in [4.78, 5) is 11.7. The van der Waals surface area contributed by atoms with Crippen LogP contribution in [0, 0.1) is 0 Å². The van der Waals surface area contributed by atoms with E-state index in [0.717, 1.165) is 52.4 Å². The van der Waals surface area contributed by atoms with Crippen LogP contribution in [0.1, 0.15) is 13.8 Å². The van der Waals surface area contributed by atoms with Crippen molar-refractivity contribution in [3.8, 4) is 11.5 Å². The summed E-state index contributed by atoms with van der Waals surface area (Å²) in [7, 11) is 0. The molecule has 1 aliphatic carbocycles. The molecule has 4 nitrogen and oxygen atoms in total. The first kappa shape index (κ1) is 28.4. The third kappa shape index (κ3) is 6.18. The molecule has 4 rings (SSSR count). The first-order valence-corrected chi connectivity index (χ1v) is 8.96. The molecule has 0 radical (unpaired) electrons.